The zero-order valence-electron chi connectivity index (χ0n) is 7.25. The molecule has 0 spiro atoms. The third-order valence-electron chi connectivity index (χ3n) is 2.62. The van der Waals surface area contributed by atoms with Gasteiger partial charge >= 0.3 is 0 Å². The van der Waals surface area contributed by atoms with E-state index in [1.807, 2.05) is 0 Å². The van der Waals surface area contributed by atoms with Gasteiger partial charge < -0.3 is 9.47 Å². The minimum Gasteiger partial charge on any atom is -0.370 e. The van der Waals surface area contributed by atoms with E-state index in [0.29, 0.717) is 24.4 Å². The SMILES string of the molecule is CCCC[C@H]1O[C@@H](C)[C@@H]2O[C@@H]21. The van der Waals surface area contributed by atoms with Crippen LogP contribution in [0.3, 0.4) is 0 Å². The Balaban J connectivity index is 1.78. The number of unbranched alkanes of at least 4 members (excludes halogenated alkanes) is 1. The molecule has 2 rings (SSSR count). The van der Waals surface area contributed by atoms with Gasteiger partial charge in [0.05, 0.1) is 12.2 Å². The summed E-state index contributed by atoms with van der Waals surface area (Å²) < 4.78 is 11.2. The standard InChI is InChI=1S/C9H16O2/c1-3-4-5-7-9-8(11-9)6(2)10-7/h6-9H,3-5H2,1-2H3/t6-,7+,8-,9+/m0/s1. The fourth-order valence-electron chi connectivity index (χ4n) is 1.88. The lowest BCUT2D eigenvalue weighted by atomic mass is 10.1. The Morgan fingerprint density at radius 3 is 2.45 bits per heavy atom. The normalized spacial score (nSPS) is 47.5. The van der Waals surface area contributed by atoms with E-state index in [9.17, 15) is 0 Å². The lowest BCUT2D eigenvalue weighted by Crippen LogP contribution is -2.17. The van der Waals surface area contributed by atoms with E-state index < -0.39 is 0 Å². The van der Waals surface area contributed by atoms with E-state index in [4.69, 9.17) is 9.47 Å². The molecule has 4 atom stereocenters. The average molecular weight is 156 g/mol. The summed E-state index contributed by atoms with van der Waals surface area (Å²) in [5, 5.41) is 0. The molecule has 0 N–H and O–H groups in total. The Hall–Kier alpha value is -0.0800. The van der Waals surface area contributed by atoms with Gasteiger partial charge in [-0.15, -0.1) is 0 Å². The van der Waals surface area contributed by atoms with E-state index >= 15 is 0 Å². The molecule has 2 aliphatic rings. The highest BCUT2D eigenvalue weighted by Gasteiger charge is 2.55. The van der Waals surface area contributed by atoms with Gasteiger partial charge in [-0.1, -0.05) is 19.8 Å². The summed E-state index contributed by atoms with van der Waals surface area (Å²) in [5.74, 6) is 0. The van der Waals surface area contributed by atoms with E-state index in [1.165, 1.54) is 19.3 Å². The molecule has 11 heavy (non-hydrogen) atoms. The van der Waals surface area contributed by atoms with Gasteiger partial charge in [-0.25, -0.2) is 0 Å². The molecule has 0 radical (unpaired) electrons. The topological polar surface area (TPSA) is 21.8 Å². The summed E-state index contributed by atoms with van der Waals surface area (Å²) in [5.41, 5.74) is 0. The van der Waals surface area contributed by atoms with Crippen molar-refractivity contribution in [2.24, 2.45) is 0 Å². The second kappa shape index (κ2) is 2.76. The maximum atomic E-state index is 5.70. The van der Waals surface area contributed by atoms with Crippen LogP contribution in [0, 0.1) is 0 Å². The Bertz CT molecular complexity index is 146. The first kappa shape index (κ1) is 7.56. The molecule has 0 bridgehead atoms. The maximum Gasteiger partial charge on any atom is 0.113 e. The highest BCUT2D eigenvalue weighted by Crippen LogP contribution is 2.40. The molecule has 0 unspecified atom stereocenters. The third-order valence-corrected chi connectivity index (χ3v) is 2.62. The number of fused-ring (bicyclic) bond motifs is 1. The Labute approximate surface area is 67.9 Å². The van der Waals surface area contributed by atoms with Crippen LogP contribution in [-0.4, -0.2) is 24.4 Å². The van der Waals surface area contributed by atoms with Gasteiger partial charge in [0.25, 0.3) is 0 Å². The number of epoxide rings is 1. The van der Waals surface area contributed by atoms with Crippen LogP contribution < -0.4 is 0 Å². The fraction of sp³-hybridized carbons (Fsp3) is 1.00. The summed E-state index contributed by atoms with van der Waals surface area (Å²) in [6.45, 7) is 4.32. The fourth-order valence-corrected chi connectivity index (χ4v) is 1.88. The van der Waals surface area contributed by atoms with E-state index in [1.54, 1.807) is 0 Å². The first-order chi connectivity index (χ1) is 5.33. The van der Waals surface area contributed by atoms with Gasteiger partial charge in [0.1, 0.15) is 12.2 Å². The van der Waals surface area contributed by atoms with Gasteiger partial charge in [0, 0.05) is 0 Å². The van der Waals surface area contributed by atoms with Crippen molar-refractivity contribution in [3.8, 4) is 0 Å². The van der Waals surface area contributed by atoms with Crippen molar-refractivity contribution < 1.29 is 9.47 Å². The Morgan fingerprint density at radius 2 is 2.00 bits per heavy atom. The molecule has 2 nitrogen and oxygen atoms in total. The lowest BCUT2D eigenvalue weighted by molar-refractivity contribution is -0.0245. The van der Waals surface area contributed by atoms with Crippen molar-refractivity contribution in [3.05, 3.63) is 0 Å². The number of rotatable bonds is 3. The zero-order valence-corrected chi connectivity index (χ0v) is 7.25. The minimum absolute atomic E-state index is 0.349. The summed E-state index contributed by atoms with van der Waals surface area (Å²) in [6.07, 6.45) is 5.36. The number of hydrogen-bond donors (Lipinski definition) is 0. The molecule has 64 valence electrons. The second-order valence-corrected chi connectivity index (χ2v) is 3.59. The quantitative estimate of drug-likeness (QED) is 0.580. The molecule has 2 heterocycles. The third kappa shape index (κ3) is 1.30. The van der Waals surface area contributed by atoms with Crippen LogP contribution in [0.5, 0.6) is 0 Å². The largest absolute Gasteiger partial charge is 0.370 e. The Morgan fingerprint density at radius 1 is 1.18 bits per heavy atom. The van der Waals surface area contributed by atoms with Gasteiger partial charge in [-0.3, -0.25) is 0 Å². The van der Waals surface area contributed by atoms with Gasteiger partial charge in [0.2, 0.25) is 0 Å². The van der Waals surface area contributed by atoms with Crippen molar-refractivity contribution in [3.63, 3.8) is 0 Å². The van der Waals surface area contributed by atoms with Crippen LogP contribution in [0.1, 0.15) is 33.1 Å². The second-order valence-electron chi connectivity index (χ2n) is 3.59. The first-order valence-corrected chi connectivity index (χ1v) is 4.64. The van der Waals surface area contributed by atoms with Crippen LogP contribution in [0.25, 0.3) is 0 Å². The predicted molar refractivity (Wildman–Crippen MR) is 42.5 cm³/mol. The van der Waals surface area contributed by atoms with Gasteiger partial charge in [-0.05, 0) is 13.3 Å². The number of hydrogen-bond acceptors (Lipinski definition) is 2. The van der Waals surface area contributed by atoms with E-state index in [-0.39, 0.29) is 0 Å². The summed E-state index contributed by atoms with van der Waals surface area (Å²) in [7, 11) is 0. The molecule has 2 saturated heterocycles. The monoisotopic (exact) mass is 156 g/mol. The molecule has 0 amide bonds. The first-order valence-electron chi connectivity index (χ1n) is 4.64. The molecule has 0 aromatic rings. The summed E-state index contributed by atoms with van der Waals surface area (Å²) in [4.78, 5) is 0. The average Bonchev–Trinajstić information content (AvgIpc) is 2.71. The Kier molecular flexibility index (Phi) is 1.90. The summed E-state index contributed by atoms with van der Waals surface area (Å²) >= 11 is 0. The van der Waals surface area contributed by atoms with E-state index in [2.05, 4.69) is 13.8 Å². The van der Waals surface area contributed by atoms with Crippen LogP contribution >= 0.6 is 0 Å². The van der Waals surface area contributed by atoms with Crippen LogP contribution in [-0.2, 0) is 9.47 Å². The number of ether oxygens (including phenoxy) is 2. The van der Waals surface area contributed by atoms with Crippen molar-refractivity contribution in [2.45, 2.75) is 57.5 Å². The molecular weight excluding hydrogens is 140 g/mol. The molecule has 2 heteroatoms. The molecule has 0 saturated carbocycles. The molecule has 2 aliphatic heterocycles. The van der Waals surface area contributed by atoms with Crippen molar-refractivity contribution in [1.29, 1.82) is 0 Å². The highest BCUT2D eigenvalue weighted by atomic mass is 16.7. The van der Waals surface area contributed by atoms with Crippen LogP contribution in [0.4, 0.5) is 0 Å². The van der Waals surface area contributed by atoms with Crippen LogP contribution in [0.15, 0.2) is 0 Å². The van der Waals surface area contributed by atoms with E-state index in [0.717, 1.165) is 0 Å². The van der Waals surface area contributed by atoms with Gasteiger partial charge in [-0.2, -0.15) is 0 Å². The summed E-state index contributed by atoms with van der Waals surface area (Å²) in [6, 6.07) is 0. The molecule has 0 aliphatic carbocycles. The molecule has 0 aromatic heterocycles. The predicted octanol–water partition coefficient (Wildman–Crippen LogP) is 1.73. The van der Waals surface area contributed by atoms with Crippen molar-refractivity contribution in [2.75, 3.05) is 0 Å². The minimum atomic E-state index is 0.349. The molecule has 2 fully saturated rings. The lowest BCUT2D eigenvalue weighted by Gasteiger charge is -2.13. The molecule has 0 aromatic carbocycles. The maximum absolute atomic E-state index is 5.70. The van der Waals surface area contributed by atoms with Gasteiger partial charge in [0.15, 0.2) is 0 Å². The van der Waals surface area contributed by atoms with Crippen molar-refractivity contribution >= 4 is 0 Å². The highest BCUT2D eigenvalue weighted by molar-refractivity contribution is 5.01. The molecular formula is C9H16O2. The van der Waals surface area contributed by atoms with Crippen LogP contribution in [0.2, 0.25) is 0 Å². The van der Waals surface area contributed by atoms with Crippen molar-refractivity contribution in [1.82, 2.24) is 0 Å². The zero-order chi connectivity index (χ0) is 7.84. The smallest absolute Gasteiger partial charge is 0.113 e.